The van der Waals surface area contributed by atoms with Gasteiger partial charge >= 0.3 is 0 Å². The Morgan fingerprint density at radius 3 is 2.55 bits per heavy atom. The SMILES string of the molecule is CCN1CCN(C(=O)CNCc2ccccc2C)CC1. The molecule has 1 aromatic carbocycles. The molecule has 110 valence electrons. The highest BCUT2D eigenvalue weighted by Gasteiger charge is 2.19. The number of likely N-dealkylation sites (N-methyl/N-ethyl adjacent to an activating group) is 1. The Labute approximate surface area is 121 Å². The predicted molar refractivity (Wildman–Crippen MR) is 81.6 cm³/mol. The fourth-order valence-corrected chi connectivity index (χ4v) is 2.54. The van der Waals surface area contributed by atoms with Crippen LogP contribution in [0.2, 0.25) is 0 Å². The van der Waals surface area contributed by atoms with Crippen molar-refractivity contribution in [2.75, 3.05) is 39.3 Å². The molecule has 0 spiro atoms. The number of amides is 1. The summed E-state index contributed by atoms with van der Waals surface area (Å²) >= 11 is 0. The molecule has 0 radical (unpaired) electrons. The van der Waals surface area contributed by atoms with Crippen LogP contribution in [0.1, 0.15) is 18.1 Å². The van der Waals surface area contributed by atoms with Crippen molar-refractivity contribution in [2.45, 2.75) is 20.4 Å². The summed E-state index contributed by atoms with van der Waals surface area (Å²) in [5.74, 6) is 0.217. The van der Waals surface area contributed by atoms with Gasteiger partial charge in [-0.1, -0.05) is 31.2 Å². The van der Waals surface area contributed by atoms with Gasteiger partial charge in [0, 0.05) is 32.7 Å². The first-order valence-electron chi connectivity index (χ1n) is 7.46. The van der Waals surface area contributed by atoms with E-state index in [0.717, 1.165) is 39.3 Å². The summed E-state index contributed by atoms with van der Waals surface area (Å²) in [5.41, 5.74) is 2.53. The Morgan fingerprint density at radius 2 is 1.90 bits per heavy atom. The third kappa shape index (κ3) is 4.05. The van der Waals surface area contributed by atoms with Gasteiger partial charge in [0.25, 0.3) is 0 Å². The topological polar surface area (TPSA) is 35.6 Å². The molecule has 1 aliphatic heterocycles. The molecule has 1 aromatic rings. The van der Waals surface area contributed by atoms with Crippen molar-refractivity contribution >= 4 is 5.91 Å². The molecule has 0 atom stereocenters. The fraction of sp³-hybridized carbons (Fsp3) is 0.562. The van der Waals surface area contributed by atoms with E-state index in [0.29, 0.717) is 6.54 Å². The molecule has 1 fully saturated rings. The lowest BCUT2D eigenvalue weighted by atomic mass is 10.1. The van der Waals surface area contributed by atoms with Crippen molar-refractivity contribution < 1.29 is 4.79 Å². The summed E-state index contributed by atoms with van der Waals surface area (Å²) in [6.45, 7) is 10.3. The van der Waals surface area contributed by atoms with E-state index < -0.39 is 0 Å². The average molecular weight is 275 g/mol. The van der Waals surface area contributed by atoms with Gasteiger partial charge in [0.05, 0.1) is 6.54 Å². The molecule has 0 aromatic heterocycles. The van der Waals surface area contributed by atoms with Crippen LogP contribution in [0.25, 0.3) is 0 Å². The number of nitrogens with one attached hydrogen (secondary N) is 1. The maximum atomic E-state index is 12.1. The molecule has 4 heteroatoms. The van der Waals surface area contributed by atoms with E-state index in [-0.39, 0.29) is 5.91 Å². The molecule has 1 amide bonds. The molecule has 0 aliphatic carbocycles. The molecule has 0 saturated carbocycles. The van der Waals surface area contributed by atoms with Gasteiger partial charge in [-0.05, 0) is 24.6 Å². The highest BCUT2D eigenvalue weighted by molar-refractivity contribution is 5.78. The van der Waals surface area contributed by atoms with Crippen molar-refractivity contribution in [3.63, 3.8) is 0 Å². The molecule has 4 nitrogen and oxygen atoms in total. The lowest BCUT2D eigenvalue weighted by Gasteiger charge is -2.34. The van der Waals surface area contributed by atoms with Gasteiger partial charge in [-0.2, -0.15) is 0 Å². The molecule has 0 bridgehead atoms. The van der Waals surface area contributed by atoms with E-state index >= 15 is 0 Å². The lowest BCUT2D eigenvalue weighted by Crippen LogP contribution is -2.50. The zero-order chi connectivity index (χ0) is 14.4. The number of carbonyl (C=O) groups is 1. The number of piperazine rings is 1. The molecule has 0 unspecified atom stereocenters. The van der Waals surface area contributed by atoms with Crippen LogP contribution >= 0.6 is 0 Å². The summed E-state index contributed by atoms with van der Waals surface area (Å²) in [6, 6.07) is 8.28. The van der Waals surface area contributed by atoms with Gasteiger partial charge in [-0.25, -0.2) is 0 Å². The minimum absolute atomic E-state index is 0.217. The fourth-order valence-electron chi connectivity index (χ4n) is 2.54. The second kappa shape index (κ2) is 7.41. The van der Waals surface area contributed by atoms with Crippen LogP contribution in [-0.2, 0) is 11.3 Å². The van der Waals surface area contributed by atoms with Gasteiger partial charge in [-0.3, -0.25) is 4.79 Å². The van der Waals surface area contributed by atoms with Gasteiger partial charge in [0.2, 0.25) is 5.91 Å². The number of rotatable bonds is 5. The molecule has 1 N–H and O–H groups in total. The van der Waals surface area contributed by atoms with E-state index in [1.54, 1.807) is 0 Å². The van der Waals surface area contributed by atoms with Crippen LogP contribution in [0.15, 0.2) is 24.3 Å². The minimum atomic E-state index is 0.217. The van der Waals surface area contributed by atoms with Crippen LogP contribution in [0.3, 0.4) is 0 Å². The summed E-state index contributed by atoms with van der Waals surface area (Å²) in [7, 11) is 0. The Morgan fingerprint density at radius 1 is 1.20 bits per heavy atom. The van der Waals surface area contributed by atoms with E-state index in [9.17, 15) is 4.79 Å². The molecule has 1 heterocycles. The quantitative estimate of drug-likeness (QED) is 0.878. The van der Waals surface area contributed by atoms with Crippen LogP contribution in [0.4, 0.5) is 0 Å². The van der Waals surface area contributed by atoms with Crippen LogP contribution < -0.4 is 5.32 Å². The van der Waals surface area contributed by atoms with E-state index in [1.807, 2.05) is 17.0 Å². The zero-order valence-electron chi connectivity index (χ0n) is 12.6. The van der Waals surface area contributed by atoms with Crippen LogP contribution in [0, 0.1) is 6.92 Å². The highest BCUT2D eigenvalue weighted by atomic mass is 16.2. The highest BCUT2D eigenvalue weighted by Crippen LogP contribution is 2.06. The second-order valence-corrected chi connectivity index (χ2v) is 5.35. The standard InChI is InChI=1S/C16H25N3O/c1-3-18-8-10-19(11-9-18)16(20)13-17-12-15-7-5-4-6-14(15)2/h4-7,17H,3,8-13H2,1-2H3. The normalized spacial score (nSPS) is 16.4. The first kappa shape index (κ1) is 15.0. The zero-order valence-corrected chi connectivity index (χ0v) is 12.6. The summed E-state index contributed by atoms with van der Waals surface area (Å²) in [5, 5.41) is 3.26. The van der Waals surface area contributed by atoms with Gasteiger partial charge < -0.3 is 15.1 Å². The Balaban J connectivity index is 1.72. The lowest BCUT2D eigenvalue weighted by molar-refractivity contribution is -0.131. The molecular formula is C16H25N3O. The number of hydrogen-bond donors (Lipinski definition) is 1. The first-order chi connectivity index (χ1) is 9.70. The van der Waals surface area contributed by atoms with Crippen molar-refractivity contribution in [3.05, 3.63) is 35.4 Å². The number of benzene rings is 1. The van der Waals surface area contributed by atoms with Crippen molar-refractivity contribution in [3.8, 4) is 0 Å². The van der Waals surface area contributed by atoms with Gasteiger partial charge in [0.1, 0.15) is 0 Å². The monoisotopic (exact) mass is 275 g/mol. The summed E-state index contributed by atoms with van der Waals surface area (Å²) in [4.78, 5) is 16.5. The van der Waals surface area contributed by atoms with E-state index in [1.165, 1.54) is 11.1 Å². The second-order valence-electron chi connectivity index (χ2n) is 5.35. The van der Waals surface area contributed by atoms with E-state index in [2.05, 4.69) is 36.2 Å². The van der Waals surface area contributed by atoms with Gasteiger partial charge in [-0.15, -0.1) is 0 Å². The number of aryl methyl sites for hydroxylation is 1. The van der Waals surface area contributed by atoms with Gasteiger partial charge in [0.15, 0.2) is 0 Å². The number of hydrogen-bond acceptors (Lipinski definition) is 3. The molecule has 1 saturated heterocycles. The Kier molecular flexibility index (Phi) is 5.56. The average Bonchev–Trinajstić information content (AvgIpc) is 2.49. The molecule has 2 rings (SSSR count). The molecule has 1 aliphatic rings. The summed E-state index contributed by atoms with van der Waals surface area (Å²) in [6.07, 6.45) is 0. The third-order valence-corrected chi connectivity index (χ3v) is 4.03. The summed E-state index contributed by atoms with van der Waals surface area (Å²) < 4.78 is 0. The first-order valence-corrected chi connectivity index (χ1v) is 7.46. The largest absolute Gasteiger partial charge is 0.339 e. The smallest absolute Gasteiger partial charge is 0.236 e. The maximum Gasteiger partial charge on any atom is 0.236 e. The Hall–Kier alpha value is -1.39. The molecule has 20 heavy (non-hydrogen) atoms. The minimum Gasteiger partial charge on any atom is -0.339 e. The van der Waals surface area contributed by atoms with Crippen LogP contribution in [-0.4, -0.2) is 55.0 Å². The Bertz CT molecular complexity index is 439. The van der Waals surface area contributed by atoms with E-state index in [4.69, 9.17) is 0 Å². The van der Waals surface area contributed by atoms with Crippen molar-refractivity contribution in [1.82, 2.24) is 15.1 Å². The third-order valence-electron chi connectivity index (χ3n) is 4.03. The molecular weight excluding hydrogens is 250 g/mol. The maximum absolute atomic E-state index is 12.1. The number of nitrogens with zero attached hydrogens (tertiary/aromatic N) is 2. The number of carbonyl (C=O) groups excluding carboxylic acids is 1. The predicted octanol–water partition coefficient (Wildman–Crippen LogP) is 1.25. The van der Waals surface area contributed by atoms with Crippen molar-refractivity contribution in [1.29, 1.82) is 0 Å². The van der Waals surface area contributed by atoms with Crippen molar-refractivity contribution in [2.24, 2.45) is 0 Å². The van der Waals surface area contributed by atoms with Crippen LogP contribution in [0.5, 0.6) is 0 Å².